The van der Waals surface area contributed by atoms with Gasteiger partial charge < -0.3 is 15.5 Å². The van der Waals surface area contributed by atoms with E-state index < -0.39 is 0 Å². The predicted molar refractivity (Wildman–Crippen MR) is 75.9 cm³/mol. The topological polar surface area (TPSA) is 49.6 Å². The quantitative estimate of drug-likeness (QED) is 0.692. The van der Waals surface area contributed by atoms with Crippen molar-refractivity contribution in [3.63, 3.8) is 0 Å². The molecule has 0 aromatic rings. The number of hydrogen-bond donors (Lipinski definition) is 1. The molecular formula is C12H25N3OS. The Morgan fingerprint density at radius 3 is 2.12 bits per heavy atom. The summed E-state index contributed by atoms with van der Waals surface area (Å²) in [4.78, 5) is 16.3. The molecule has 1 atom stereocenters. The Morgan fingerprint density at radius 1 is 1.24 bits per heavy atom. The molecule has 0 radical (unpaired) electrons. The van der Waals surface area contributed by atoms with Crippen molar-refractivity contribution in [2.24, 2.45) is 17.6 Å². The molecule has 17 heavy (non-hydrogen) atoms. The first kappa shape index (κ1) is 16.3. The largest absolute Gasteiger partial charge is 0.393 e. The zero-order valence-electron chi connectivity index (χ0n) is 11.6. The number of carbonyl (C=O) groups is 1. The third kappa shape index (κ3) is 5.98. The Morgan fingerprint density at radius 2 is 1.76 bits per heavy atom. The summed E-state index contributed by atoms with van der Waals surface area (Å²) in [6.07, 6.45) is 0.956. The fraction of sp³-hybridized carbons (Fsp3) is 0.833. The molecule has 0 fully saturated rings. The summed E-state index contributed by atoms with van der Waals surface area (Å²) in [7, 11) is 5.85. The SMILES string of the molecule is CC(C)C(C(=O)N(C)CCCN(C)C)C(N)=S. The van der Waals surface area contributed by atoms with Gasteiger partial charge in [0, 0.05) is 13.6 Å². The Balaban J connectivity index is 4.31. The molecule has 0 spiro atoms. The normalized spacial score (nSPS) is 12.9. The fourth-order valence-electron chi connectivity index (χ4n) is 1.71. The predicted octanol–water partition coefficient (Wildman–Crippen LogP) is 0.955. The molecule has 100 valence electrons. The van der Waals surface area contributed by atoms with E-state index in [1.54, 1.807) is 4.90 Å². The highest BCUT2D eigenvalue weighted by Gasteiger charge is 2.27. The van der Waals surface area contributed by atoms with E-state index in [4.69, 9.17) is 18.0 Å². The molecule has 0 aliphatic heterocycles. The highest BCUT2D eigenvalue weighted by Crippen LogP contribution is 2.14. The lowest BCUT2D eigenvalue weighted by molar-refractivity contribution is -0.133. The van der Waals surface area contributed by atoms with Crippen LogP contribution < -0.4 is 5.73 Å². The van der Waals surface area contributed by atoms with Gasteiger partial charge in [-0.15, -0.1) is 0 Å². The third-order valence-electron chi connectivity index (χ3n) is 2.71. The van der Waals surface area contributed by atoms with Gasteiger partial charge in [-0.25, -0.2) is 0 Å². The van der Waals surface area contributed by atoms with Gasteiger partial charge in [-0.1, -0.05) is 26.1 Å². The minimum absolute atomic E-state index is 0.0336. The fourth-order valence-corrected chi connectivity index (χ4v) is 2.08. The van der Waals surface area contributed by atoms with Crippen molar-refractivity contribution in [2.75, 3.05) is 34.2 Å². The molecule has 0 rings (SSSR count). The molecule has 1 unspecified atom stereocenters. The molecule has 5 heteroatoms. The summed E-state index contributed by atoms with van der Waals surface area (Å²) < 4.78 is 0. The Hall–Kier alpha value is -0.680. The zero-order chi connectivity index (χ0) is 13.6. The first-order valence-electron chi connectivity index (χ1n) is 5.96. The van der Waals surface area contributed by atoms with Gasteiger partial charge in [0.2, 0.25) is 5.91 Å². The van der Waals surface area contributed by atoms with Crippen LogP contribution in [0.2, 0.25) is 0 Å². The van der Waals surface area contributed by atoms with E-state index in [9.17, 15) is 4.79 Å². The zero-order valence-corrected chi connectivity index (χ0v) is 12.4. The lowest BCUT2D eigenvalue weighted by atomic mass is 9.94. The lowest BCUT2D eigenvalue weighted by Crippen LogP contribution is -2.42. The van der Waals surface area contributed by atoms with Crippen molar-refractivity contribution in [3.8, 4) is 0 Å². The molecule has 0 aliphatic rings. The second-order valence-corrected chi connectivity index (χ2v) is 5.51. The molecule has 1 amide bonds. The lowest BCUT2D eigenvalue weighted by Gasteiger charge is -2.25. The highest BCUT2D eigenvalue weighted by atomic mass is 32.1. The summed E-state index contributed by atoms with van der Waals surface area (Å²) in [5, 5.41) is 0. The van der Waals surface area contributed by atoms with Crippen LogP contribution in [-0.2, 0) is 4.79 Å². The number of rotatable bonds is 7. The van der Waals surface area contributed by atoms with Crippen molar-refractivity contribution >= 4 is 23.1 Å². The molecule has 0 aromatic heterocycles. The van der Waals surface area contributed by atoms with Crippen LogP contribution in [0.3, 0.4) is 0 Å². The van der Waals surface area contributed by atoms with Gasteiger partial charge in [0.15, 0.2) is 0 Å². The smallest absolute Gasteiger partial charge is 0.232 e. The first-order valence-corrected chi connectivity index (χ1v) is 6.37. The van der Waals surface area contributed by atoms with E-state index in [0.29, 0.717) is 4.99 Å². The summed E-state index contributed by atoms with van der Waals surface area (Å²) in [5.41, 5.74) is 5.63. The maximum absolute atomic E-state index is 12.1. The Kier molecular flexibility index (Phi) is 7.30. The second kappa shape index (κ2) is 7.61. The molecule has 0 aromatic carbocycles. The summed E-state index contributed by atoms with van der Waals surface area (Å²) >= 11 is 4.96. The van der Waals surface area contributed by atoms with Gasteiger partial charge >= 0.3 is 0 Å². The van der Waals surface area contributed by atoms with Crippen molar-refractivity contribution in [1.29, 1.82) is 0 Å². The van der Waals surface area contributed by atoms with Gasteiger partial charge in [0.05, 0.1) is 10.9 Å². The van der Waals surface area contributed by atoms with Gasteiger partial charge in [-0.2, -0.15) is 0 Å². The van der Waals surface area contributed by atoms with E-state index in [1.165, 1.54) is 0 Å². The molecule has 4 nitrogen and oxygen atoms in total. The van der Waals surface area contributed by atoms with Crippen molar-refractivity contribution in [3.05, 3.63) is 0 Å². The minimum atomic E-state index is -0.339. The number of nitrogens with two attached hydrogens (primary N) is 1. The van der Waals surface area contributed by atoms with E-state index in [2.05, 4.69) is 4.90 Å². The maximum Gasteiger partial charge on any atom is 0.232 e. The van der Waals surface area contributed by atoms with Crippen LogP contribution in [0.1, 0.15) is 20.3 Å². The first-order chi connectivity index (χ1) is 7.77. The number of hydrogen-bond acceptors (Lipinski definition) is 3. The van der Waals surface area contributed by atoms with Crippen LogP contribution in [0.25, 0.3) is 0 Å². The molecule has 0 saturated heterocycles. The monoisotopic (exact) mass is 259 g/mol. The van der Waals surface area contributed by atoms with Crippen LogP contribution in [0.4, 0.5) is 0 Å². The number of thiocarbonyl (C=S) groups is 1. The van der Waals surface area contributed by atoms with Crippen molar-refractivity contribution in [2.45, 2.75) is 20.3 Å². The van der Waals surface area contributed by atoms with Gasteiger partial charge in [-0.3, -0.25) is 4.79 Å². The van der Waals surface area contributed by atoms with E-state index in [1.807, 2.05) is 35.0 Å². The number of amides is 1. The molecular weight excluding hydrogens is 234 g/mol. The highest BCUT2D eigenvalue weighted by molar-refractivity contribution is 7.80. The van der Waals surface area contributed by atoms with Crippen LogP contribution in [0.15, 0.2) is 0 Å². The van der Waals surface area contributed by atoms with Gasteiger partial charge in [0.1, 0.15) is 0 Å². The number of carbonyl (C=O) groups excluding carboxylic acids is 1. The van der Waals surface area contributed by atoms with E-state index >= 15 is 0 Å². The minimum Gasteiger partial charge on any atom is -0.393 e. The molecule has 0 aliphatic carbocycles. The van der Waals surface area contributed by atoms with Gasteiger partial charge in [-0.05, 0) is 33.0 Å². The molecule has 2 N–H and O–H groups in total. The summed E-state index contributed by atoms with van der Waals surface area (Å²) in [5.74, 6) is -0.156. The third-order valence-corrected chi connectivity index (χ3v) is 2.97. The van der Waals surface area contributed by atoms with Crippen LogP contribution in [0.5, 0.6) is 0 Å². The van der Waals surface area contributed by atoms with Crippen molar-refractivity contribution < 1.29 is 4.79 Å². The van der Waals surface area contributed by atoms with Crippen LogP contribution in [0, 0.1) is 11.8 Å². The molecule has 0 saturated carbocycles. The van der Waals surface area contributed by atoms with Crippen LogP contribution in [-0.4, -0.2) is 54.9 Å². The maximum atomic E-state index is 12.1. The number of nitrogens with zero attached hydrogens (tertiary/aromatic N) is 2. The van der Waals surface area contributed by atoms with Gasteiger partial charge in [0.25, 0.3) is 0 Å². The standard InChI is InChI=1S/C12H25N3OS/c1-9(2)10(11(13)17)12(16)15(5)8-6-7-14(3)4/h9-10H,6-8H2,1-5H3,(H2,13,17). The van der Waals surface area contributed by atoms with E-state index in [-0.39, 0.29) is 17.7 Å². The Labute approximate surface area is 110 Å². The van der Waals surface area contributed by atoms with Crippen molar-refractivity contribution in [1.82, 2.24) is 9.80 Å². The Bertz CT molecular complexity index is 266. The van der Waals surface area contributed by atoms with Crippen LogP contribution >= 0.6 is 12.2 Å². The average Bonchev–Trinajstić information content (AvgIpc) is 2.15. The second-order valence-electron chi connectivity index (χ2n) is 5.04. The molecule has 0 bridgehead atoms. The average molecular weight is 259 g/mol. The summed E-state index contributed by atoms with van der Waals surface area (Å²) in [6, 6.07) is 0. The summed E-state index contributed by atoms with van der Waals surface area (Å²) in [6.45, 7) is 5.64. The van der Waals surface area contributed by atoms with E-state index in [0.717, 1.165) is 19.5 Å². The molecule has 0 heterocycles.